The summed E-state index contributed by atoms with van der Waals surface area (Å²) in [5, 5.41) is 19.6. The van der Waals surface area contributed by atoms with Crippen molar-refractivity contribution in [3.8, 4) is 0 Å². The first kappa shape index (κ1) is 18.6. The Labute approximate surface area is 138 Å². The van der Waals surface area contributed by atoms with Crippen molar-refractivity contribution in [1.82, 2.24) is 4.98 Å². The van der Waals surface area contributed by atoms with Crippen molar-refractivity contribution in [3.05, 3.63) is 52.4 Å². The summed E-state index contributed by atoms with van der Waals surface area (Å²) >= 11 is 6.03. The van der Waals surface area contributed by atoms with E-state index in [0.717, 1.165) is 6.20 Å². The van der Waals surface area contributed by atoms with Gasteiger partial charge in [-0.25, -0.2) is 14.2 Å². The van der Waals surface area contributed by atoms with Gasteiger partial charge in [-0.3, -0.25) is 0 Å². The van der Waals surface area contributed by atoms with Crippen molar-refractivity contribution in [2.45, 2.75) is 20.8 Å². The first-order chi connectivity index (χ1) is 10.9. The van der Waals surface area contributed by atoms with Gasteiger partial charge < -0.3 is 15.8 Å². The maximum absolute atomic E-state index is 12.9. The smallest absolute Gasteiger partial charge is 0.338 e. The van der Waals surface area contributed by atoms with Crippen molar-refractivity contribution in [3.63, 3.8) is 0 Å². The van der Waals surface area contributed by atoms with Crippen molar-refractivity contribution in [2.75, 3.05) is 5.32 Å². The molecule has 3 N–H and O–H groups in total. The molecule has 0 bridgehead atoms. The Hall–Kier alpha value is -2.47. The van der Waals surface area contributed by atoms with Gasteiger partial charge in [0.25, 0.3) is 0 Å². The number of benzene rings is 1. The molecule has 0 aliphatic carbocycles. The van der Waals surface area contributed by atoms with E-state index in [1.54, 1.807) is 0 Å². The van der Waals surface area contributed by atoms with Crippen LogP contribution in [0, 0.1) is 11.2 Å². The highest BCUT2D eigenvalue weighted by molar-refractivity contribution is 6.37. The Morgan fingerprint density at radius 2 is 1.87 bits per heavy atom. The molecule has 1 aromatic heterocycles. The molecule has 0 saturated heterocycles. The molecule has 0 aliphatic heterocycles. The van der Waals surface area contributed by atoms with Crippen LogP contribution in [0.15, 0.2) is 30.5 Å². The van der Waals surface area contributed by atoms with Crippen LogP contribution in [-0.4, -0.2) is 21.8 Å². The predicted octanol–water partition coefficient (Wildman–Crippen LogP) is 4.73. The summed E-state index contributed by atoms with van der Waals surface area (Å²) in [5.74, 6) is -1.36. The molecule has 0 atom stereocenters. The maximum Gasteiger partial charge on any atom is 0.338 e. The zero-order valence-corrected chi connectivity index (χ0v) is 13.7. The third kappa shape index (κ3) is 4.50. The number of rotatable bonds is 4. The van der Waals surface area contributed by atoms with Gasteiger partial charge in [0.2, 0.25) is 0 Å². The fraction of sp³-hybridized carbons (Fsp3) is 0.188. The van der Waals surface area contributed by atoms with Crippen LogP contribution in [0.25, 0.3) is 0 Å². The van der Waals surface area contributed by atoms with Crippen molar-refractivity contribution in [1.29, 1.82) is 5.41 Å². The minimum absolute atomic E-state index is 0.0605. The second-order valence-corrected chi connectivity index (χ2v) is 4.65. The topological polar surface area (TPSA) is 86.1 Å². The Balaban J connectivity index is 0.00000127. The van der Waals surface area contributed by atoms with Gasteiger partial charge in [-0.2, -0.15) is 0 Å². The molecule has 0 fully saturated rings. The quantitative estimate of drug-likeness (QED) is 0.704. The number of aromatic nitrogens is 1. The Morgan fingerprint density at radius 3 is 2.35 bits per heavy atom. The van der Waals surface area contributed by atoms with E-state index in [1.165, 1.54) is 31.2 Å². The van der Waals surface area contributed by atoms with Crippen LogP contribution in [0.1, 0.15) is 36.7 Å². The number of hydrogen-bond acceptors (Lipinski definition) is 4. The van der Waals surface area contributed by atoms with Crippen LogP contribution in [0.4, 0.5) is 15.9 Å². The molecule has 1 heterocycles. The van der Waals surface area contributed by atoms with Gasteiger partial charge in [-0.05, 0) is 31.2 Å². The minimum atomic E-state index is -1.22. The van der Waals surface area contributed by atoms with Gasteiger partial charge in [0, 0.05) is 17.6 Å². The molecule has 0 saturated carbocycles. The average Bonchev–Trinajstić information content (AvgIpc) is 2.51. The van der Waals surface area contributed by atoms with E-state index in [0.29, 0.717) is 5.69 Å². The zero-order chi connectivity index (χ0) is 17.6. The summed E-state index contributed by atoms with van der Waals surface area (Å²) in [6.45, 7) is 5.48. The van der Waals surface area contributed by atoms with E-state index in [4.69, 9.17) is 22.1 Å². The maximum atomic E-state index is 12.9. The molecule has 23 heavy (non-hydrogen) atoms. The number of carboxylic acid groups (broad SMARTS) is 1. The van der Waals surface area contributed by atoms with Crippen LogP contribution >= 0.6 is 11.6 Å². The van der Waals surface area contributed by atoms with Crippen molar-refractivity contribution >= 4 is 34.8 Å². The lowest BCUT2D eigenvalue weighted by Crippen LogP contribution is -2.09. The Kier molecular flexibility index (Phi) is 6.65. The number of carboxylic acids is 1. The first-order valence-corrected chi connectivity index (χ1v) is 7.28. The van der Waals surface area contributed by atoms with Gasteiger partial charge in [0.15, 0.2) is 0 Å². The van der Waals surface area contributed by atoms with Crippen LogP contribution in [0.3, 0.4) is 0 Å². The van der Waals surface area contributed by atoms with E-state index >= 15 is 0 Å². The molecule has 0 radical (unpaired) electrons. The number of nitrogens with zero attached hydrogens (tertiary/aromatic N) is 1. The van der Waals surface area contributed by atoms with Gasteiger partial charge in [0.05, 0.1) is 16.1 Å². The van der Waals surface area contributed by atoms with Gasteiger partial charge in [-0.1, -0.05) is 25.4 Å². The van der Waals surface area contributed by atoms with E-state index < -0.39 is 5.97 Å². The monoisotopic (exact) mass is 337 g/mol. The average molecular weight is 338 g/mol. The summed E-state index contributed by atoms with van der Waals surface area (Å²) in [6.07, 6.45) is 1.11. The lowest BCUT2D eigenvalue weighted by molar-refractivity contribution is 0.0696. The highest BCUT2D eigenvalue weighted by atomic mass is 35.5. The number of aromatic carboxylic acids is 1. The van der Waals surface area contributed by atoms with E-state index in [-0.39, 0.29) is 33.5 Å². The second-order valence-electron chi connectivity index (χ2n) is 4.27. The summed E-state index contributed by atoms with van der Waals surface area (Å²) in [6, 6.07) is 5.54. The lowest BCUT2D eigenvalue weighted by Gasteiger charge is -2.13. The number of anilines is 2. The molecule has 2 rings (SSSR count). The number of pyridine rings is 1. The molecule has 0 amide bonds. The Morgan fingerprint density at radius 1 is 1.30 bits per heavy atom. The number of hydrogen-bond donors (Lipinski definition) is 3. The lowest BCUT2D eigenvalue weighted by atomic mass is 10.1. The third-order valence-electron chi connectivity index (χ3n) is 2.73. The largest absolute Gasteiger partial charge is 0.478 e. The van der Waals surface area contributed by atoms with Gasteiger partial charge in [-0.15, -0.1) is 0 Å². The minimum Gasteiger partial charge on any atom is -0.478 e. The summed E-state index contributed by atoms with van der Waals surface area (Å²) < 4.78 is 12.9. The fourth-order valence-electron chi connectivity index (χ4n) is 1.74. The van der Waals surface area contributed by atoms with E-state index in [1.807, 2.05) is 13.8 Å². The van der Waals surface area contributed by atoms with Crippen molar-refractivity contribution in [2.24, 2.45) is 0 Å². The molecule has 7 heteroatoms. The normalized spacial score (nSPS) is 9.61. The molecule has 122 valence electrons. The highest BCUT2D eigenvalue weighted by Crippen LogP contribution is 2.29. The summed E-state index contributed by atoms with van der Waals surface area (Å²) in [4.78, 5) is 15.0. The predicted molar refractivity (Wildman–Crippen MR) is 89.7 cm³/mol. The van der Waals surface area contributed by atoms with Crippen LogP contribution < -0.4 is 5.32 Å². The molecule has 0 aliphatic rings. The highest BCUT2D eigenvalue weighted by Gasteiger charge is 2.19. The number of carbonyl (C=O) groups is 1. The summed E-state index contributed by atoms with van der Waals surface area (Å²) in [7, 11) is 0. The second kappa shape index (κ2) is 8.24. The zero-order valence-electron chi connectivity index (χ0n) is 12.9. The van der Waals surface area contributed by atoms with Crippen LogP contribution in [0.2, 0.25) is 5.02 Å². The van der Waals surface area contributed by atoms with Crippen molar-refractivity contribution < 1.29 is 14.3 Å². The number of halogens is 2. The standard InChI is InChI=1S/C14H11ClFN3O2.C2H6/c1-7(17)11-12(15)10(14(20)21)6-18-13(11)19-9-4-2-8(16)3-5-9;1-2/h2-6,17H,1H3,(H,18,19)(H,20,21);1-2H3. The third-order valence-corrected chi connectivity index (χ3v) is 3.12. The number of nitrogens with one attached hydrogen (secondary N) is 2. The van der Waals surface area contributed by atoms with Gasteiger partial charge >= 0.3 is 5.97 Å². The molecule has 2 aromatic rings. The molecule has 0 unspecified atom stereocenters. The molecular formula is C16H17ClFN3O2. The van der Waals surface area contributed by atoms with Gasteiger partial charge in [0.1, 0.15) is 11.6 Å². The Bertz CT molecular complexity index is 718. The molecule has 0 spiro atoms. The van der Waals surface area contributed by atoms with E-state index in [2.05, 4.69) is 10.3 Å². The van der Waals surface area contributed by atoms with E-state index in [9.17, 15) is 9.18 Å². The fourth-order valence-corrected chi connectivity index (χ4v) is 2.11. The van der Waals surface area contributed by atoms with Crippen LogP contribution in [0.5, 0.6) is 0 Å². The SMILES string of the molecule is CC.CC(=N)c1c(Nc2ccc(F)cc2)ncc(C(=O)O)c1Cl. The summed E-state index contributed by atoms with van der Waals surface area (Å²) in [5.41, 5.74) is 0.634. The van der Waals surface area contributed by atoms with Crippen LogP contribution in [-0.2, 0) is 0 Å². The molecule has 1 aromatic carbocycles. The first-order valence-electron chi connectivity index (χ1n) is 6.90. The molecular weight excluding hydrogens is 321 g/mol. The molecule has 5 nitrogen and oxygen atoms in total.